The third-order valence-corrected chi connectivity index (χ3v) is 4.29. The highest BCUT2D eigenvalue weighted by Gasteiger charge is 2.10. The molecular formula is C18H18N2O2S. The predicted molar refractivity (Wildman–Crippen MR) is 94.5 cm³/mol. The summed E-state index contributed by atoms with van der Waals surface area (Å²) in [5, 5.41) is 3.47. The zero-order chi connectivity index (χ0) is 16.2. The first-order valence-electron chi connectivity index (χ1n) is 7.57. The Hall–Kier alpha value is -2.40. The van der Waals surface area contributed by atoms with Crippen molar-refractivity contribution >= 4 is 32.6 Å². The molecule has 0 fully saturated rings. The SMILES string of the molecule is CCCOc1ccc(C(=O)Nc2nc3ccc(C)cc3s2)cc1. The molecule has 0 radical (unpaired) electrons. The van der Waals surface area contributed by atoms with E-state index in [-0.39, 0.29) is 5.91 Å². The van der Waals surface area contributed by atoms with E-state index < -0.39 is 0 Å². The van der Waals surface area contributed by atoms with Gasteiger partial charge in [-0.25, -0.2) is 4.98 Å². The van der Waals surface area contributed by atoms with Crippen molar-refractivity contribution in [1.29, 1.82) is 0 Å². The van der Waals surface area contributed by atoms with Gasteiger partial charge in [-0.2, -0.15) is 0 Å². The van der Waals surface area contributed by atoms with Crippen LogP contribution in [0.2, 0.25) is 0 Å². The molecule has 0 atom stereocenters. The van der Waals surface area contributed by atoms with Crippen LogP contribution in [0.5, 0.6) is 5.75 Å². The minimum absolute atomic E-state index is 0.164. The van der Waals surface area contributed by atoms with Crippen molar-refractivity contribution in [1.82, 2.24) is 4.98 Å². The molecule has 3 rings (SSSR count). The van der Waals surface area contributed by atoms with Crippen molar-refractivity contribution < 1.29 is 9.53 Å². The molecule has 4 nitrogen and oxygen atoms in total. The molecule has 3 aromatic rings. The lowest BCUT2D eigenvalue weighted by atomic mass is 10.2. The second-order valence-electron chi connectivity index (χ2n) is 5.32. The Morgan fingerprint density at radius 3 is 2.74 bits per heavy atom. The molecule has 0 aliphatic heterocycles. The molecule has 1 aromatic heterocycles. The quantitative estimate of drug-likeness (QED) is 0.743. The lowest BCUT2D eigenvalue weighted by molar-refractivity contribution is 0.102. The first kappa shape index (κ1) is 15.5. The van der Waals surface area contributed by atoms with Gasteiger partial charge in [0.25, 0.3) is 5.91 Å². The molecule has 1 heterocycles. The number of ether oxygens (including phenoxy) is 1. The van der Waals surface area contributed by atoms with E-state index in [1.807, 2.05) is 31.2 Å². The van der Waals surface area contributed by atoms with Crippen molar-refractivity contribution in [3.05, 3.63) is 53.6 Å². The maximum Gasteiger partial charge on any atom is 0.257 e. The number of rotatable bonds is 5. The fourth-order valence-electron chi connectivity index (χ4n) is 2.18. The van der Waals surface area contributed by atoms with Crippen LogP contribution in [-0.2, 0) is 0 Å². The average molecular weight is 326 g/mol. The molecule has 118 valence electrons. The number of carbonyl (C=O) groups is 1. The number of nitrogens with zero attached hydrogens (tertiary/aromatic N) is 1. The molecule has 1 N–H and O–H groups in total. The van der Waals surface area contributed by atoms with E-state index in [2.05, 4.69) is 23.3 Å². The number of nitrogens with one attached hydrogen (secondary N) is 1. The van der Waals surface area contributed by atoms with Crippen molar-refractivity contribution in [2.45, 2.75) is 20.3 Å². The van der Waals surface area contributed by atoms with Gasteiger partial charge in [0.05, 0.1) is 16.8 Å². The highest BCUT2D eigenvalue weighted by molar-refractivity contribution is 7.22. The van der Waals surface area contributed by atoms with Crippen LogP contribution >= 0.6 is 11.3 Å². The minimum Gasteiger partial charge on any atom is -0.494 e. The molecule has 5 heteroatoms. The van der Waals surface area contributed by atoms with E-state index in [0.29, 0.717) is 17.3 Å². The summed E-state index contributed by atoms with van der Waals surface area (Å²) >= 11 is 1.48. The fourth-order valence-corrected chi connectivity index (χ4v) is 3.14. The van der Waals surface area contributed by atoms with Gasteiger partial charge in [0.15, 0.2) is 5.13 Å². The second-order valence-corrected chi connectivity index (χ2v) is 6.35. The molecule has 0 spiro atoms. The maximum absolute atomic E-state index is 12.3. The number of anilines is 1. The van der Waals surface area contributed by atoms with Gasteiger partial charge in [-0.05, 0) is 55.3 Å². The number of amides is 1. The highest BCUT2D eigenvalue weighted by atomic mass is 32.1. The topological polar surface area (TPSA) is 51.2 Å². The van der Waals surface area contributed by atoms with Crippen LogP contribution in [0.1, 0.15) is 29.3 Å². The zero-order valence-electron chi connectivity index (χ0n) is 13.1. The molecule has 2 aromatic carbocycles. The first-order chi connectivity index (χ1) is 11.2. The number of carbonyl (C=O) groups excluding carboxylic acids is 1. The number of hydrogen-bond donors (Lipinski definition) is 1. The van der Waals surface area contributed by atoms with Gasteiger partial charge < -0.3 is 4.74 Å². The van der Waals surface area contributed by atoms with Crippen LogP contribution in [-0.4, -0.2) is 17.5 Å². The highest BCUT2D eigenvalue weighted by Crippen LogP contribution is 2.27. The Kier molecular flexibility index (Phi) is 4.57. The van der Waals surface area contributed by atoms with Crippen LogP contribution < -0.4 is 10.1 Å². The van der Waals surface area contributed by atoms with Crippen molar-refractivity contribution in [3.8, 4) is 5.75 Å². The third-order valence-electron chi connectivity index (χ3n) is 3.35. The van der Waals surface area contributed by atoms with E-state index in [1.165, 1.54) is 16.9 Å². The molecule has 0 saturated heterocycles. The van der Waals surface area contributed by atoms with E-state index in [9.17, 15) is 4.79 Å². The van der Waals surface area contributed by atoms with E-state index in [4.69, 9.17) is 4.74 Å². The number of aromatic nitrogens is 1. The maximum atomic E-state index is 12.3. The zero-order valence-corrected chi connectivity index (χ0v) is 13.9. The van der Waals surface area contributed by atoms with Gasteiger partial charge in [0.2, 0.25) is 0 Å². The minimum atomic E-state index is -0.164. The molecule has 23 heavy (non-hydrogen) atoms. The molecule has 0 unspecified atom stereocenters. The first-order valence-corrected chi connectivity index (χ1v) is 8.39. The smallest absolute Gasteiger partial charge is 0.257 e. The lowest BCUT2D eigenvalue weighted by Gasteiger charge is -2.05. The summed E-state index contributed by atoms with van der Waals surface area (Å²) in [5.74, 6) is 0.613. The van der Waals surface area contributed by atoms with Gasteiger partial charge in [-0.1, -0.05) is 24.3 Å². The standard InChI is InChI=1S/C18H18N2O2S/c1-3-10-22-14-7-5-13(6-8-14)17(21)20-18-19-15-9-4-12(2)11-16(15)23-18/h4-9,11H,3,10H2,1-2H3,(H,19,20,21). The molecule has 0 bridgehead atoms. The van der Waals surface area contributed by atoms with Gasteiger partial charge in [0, 0.05) is 5.56 Å². The normalized spacial score (nSPS) is 10.7. The van der Waals surface area contributed by atoms with Crippen molar-refractivity contribution in [3.63, 3.8) is 0 Å². The van der Waals surface area contributed by atoms with Crippen LogP contribution in [0.4, 0.5) is 5.13 Å². The largest absolute Gasteiger partial charge is 0.494 e. The average Bonchev–Trinajstić information content (AvgIpc) is 2.94. The van der Waals surface area contributed by atoms with E-state index >= 15 is 0 Å². The van der Waals surface area contributed by atoms with Gasteiger partial charge in [0.1, 0.15) is 5.75 Å². The lowest BCUT2D eigenvalue weighted by Crippen LogP contribution is -2.11. The van der Waals surface area contributed by atoms with Crippen molar-refractivity contribution in [2.75, 3.05) is 11.9 Å². The van der Waals surface area contributed by atoms with E-state index in [1.54, 1.807) is 12.1 Å². The number of fused-ring (bicyclic) bond motifs is 1. The number of hydrogen-bond acceptors (Lipinski definition) is 4. The van der Waals surface area contributed by atoms with E-state index in [0.717, 1.165) is 22.4 Å². The summed E-state index contributed by atoms with van der Waals surface area (Å²) in [7, 11) is 0. The summed E-state index contributed by atoms with van der Waals surface area (Å²) in [4.78, 5) is 16.7. The summed E-state index contributed by atoms with van der Waals surface area (Å²) in [5.41, 5.74) is 2.67. The van der Waals surface area contributed by atoms with Gasteiger partial charge in [-0.15, -0.1) is 0 Å². The van der Waals surface area contributed by atoms with Crippen LogP contribution in [0.3, 0.4) is 0 Å². The molecular weight excluding hydrogens is 308 g/mol. The summed E-state index contributed by atoms with van der Waals surface area (Å²) in [6, 6.07) is 13.2. The second kappa shape index (κ2) is 6.79. The number of benzene rings is 2. The Balaban J connectivity index is 1.72. The summed E-state index contributed by atoms with van der Waals surface area (Å²) in [6.45, 7) is 4.78. The van der Waals surface area contributed by atoms with Gasteiger partial charge in [-0.3, -0.25) is 10.1 Å². The Labute approximate surface area is 139 Å². The predicted octanol–water partition coefficient (Wildman–Crippen LogP) is 4.65. The Bertz CT molecular complexity index is 825. The van der Waals surface area contributed by atoms with Crippen molar-refractivity contribution in [2.24, 2.45) is 0 Å². The number of thiazole rings is 1. The van der Waals surface area contributed by atoms with Gasteiger partial charge >= 0.3 is 0 Å². The monoisotopic (exact) mass is 326 g/mol. The fraction of sp³-hybridized carbons (Fsp3) is 0.222. The summed E-state index contributed by atoms with van der Waals surface area (Å²) < 4.78 is 6.59. The van der Waals surface area contributed by atoms with Crippen LogP contribution in [0.15, 0.2) is 42.5 Å². The summed E-state index contributed by atoms with van der Waals surface area (Å²) in [6.07, 6.45) is 0.958. The van der Waals surface area contributed by atoms with Crippen LogP contribution in [0.25, 0.3) is 10.2 Å². The molecule has 0 aliphatic carbocycles. The van der Waals surface area contributed by atoms with Crippen LogP contribution in [0, 0.1) is 6.92 Å². The Morgan fingerprint density at radius 2 is 2.00 bits per heavy atom. The molecule has 0 aliphatic rings. The third kappa shape index (κ3) is 3.68. The molecule has 1 amide bonds. The molecule has 0 saturated carbocycles. The Morgan fingerprint density at radius 1 is 1.22 bits per heavy atom. The number of aryl methyl sites for hydroxylation is 1.